The van der Waals surface area contributed by atoms with Gasteiger partial charge in [-0.2, -0.15) is 132 Å². The monoisotopic (exact) mass is 1110 g/mol. The second-order valence-corrected chi connectivity index (χ2v) is 16.2. The number of Topliss-reactive ketones (excluding diaryl/α,β-unsaturated/α-hetero) is 1. The highest BCUT2D eigenvalue weighted by Gasteiger charge is 2.47. The molecular weight excluding hydrogens is 1080 g/mol. The highest BCUT2D eigenvalue weighted by Crippen LogP contribution is 2.41. The van der Waals surface area contributed by atoms with Crippen LogP contribution in [0.15, 0.2) is 128 Å². The van der Waals surface area contributed by atoms with Gasteiger partial charge in [-0.05, 0) is 24.3 Å². The van der Waals surface area contributed by atoms with Crippen molar-refractivity contribution in [1.82, 2.24) is 0 Å². The predicted molar refractivity (Wildman–Crippen MR) is 217 cm³/mol. The topological polar surface area (TPSA) is 20.9 Å². The van der Waals surface area contributed by atoms with E-state index in [0.29, 0.717) is 12.4 Å². The van der Waals surface area contributed by atoms with Gasteiger partial charge in [0.2, 0.25) is 12.3 Å². The minimum atomic E-state index is -6.13. The number of rotatable bonds is 8. The molecule has 0 saturated carbocycles. The maximum atomic E-state index is 14.2. The molecule has 0 spiro atoms. The van der Waals surface area contributed by atoms with Gasteiger partial charge in [-0.3, -0.25) is 4.79 Å². The zero-order valence-corrected chi connectivity index (χ0v) is 36.7. The van der Waals surface area contributed by atoms with E-state index in [0.717, 1.165) is 11.3 Å². The predicted octanol–water partition coefficient (Wildman–Crippen LogP) is 13.8. The molecule has 0 N–H and O–H groups in total. The van der Waals surface area contributed by atoms with E-state index in [1.807, 2.05) is 59.3 Å². The molecule has 28 heteroatoms. The van der Waals surface area contributed by atoms with Gasteiger partial charge in [0.05, 0.1) is 44.5 Å². The third kappa shape index (κ3) is 13.5. The van der Waals surface area contributed by atoms with E-state index in [9.17, 15) is 110 Å². The first-order chi connectivity index (χ1) is 33.6. The van der Waals surface area contributed by atoms with Crippen LogP contribution in [0.5, 0.6) is 0 Å². The summed E-state index contributed by atoms with van der Waals surface area (Å²) in [5.74, 6) is 0.497. The molecule has 6 rings (SSSR count). The van der Waals surface area contributed by atoms with Gasteiger partial charge < -0.3 is 0 Å². The molecule has 1 heterocycles. The SMILES string of the molecule is FC(F)(F)c1cc([B-](c2cc(C(F)(F)F)cc(C(F)(F)F)c2)(c2cc(C(F)(F)F)cc(C(F)(F)F)c2)c2cc(C(F)(F)F)cc(C(F)(F)F)c2)cc(C(F)(F)F)c1.O=C(C[n+]1ccccc1CCl)c1ccccc1. The molecule has 398 valence electrons. The number of pyridine rings is 1. The van der Waals surface area contributed by atoms with Crippen molar-refractivity contribution >= 4 is 45.4 Å². The van der Waals surface area contributed by atoms with Crippen molar-refractivity contribution in [3.8, 4) is 0 Å². The van der Waals surface area contributed by atoms with Crippen LogP contribution in [0.4, 0.5) is 105 Å². The van der Waals surface area contributed by atoms with Crippen molar-refractivity contribution in [3.05, 3.63) is 183 Å². The summed E-state index contributed by atoms with van der Waals surface area (Å²) in [7, 11) is 0. The maximum absolute atomic E-state index is 14.2. The number of ketones is 1. The Balaban J connectivity index is 0.000000500. The van der Waals surface area contributed by atoms with E-state index in [1.165, 1.54) is 0 Å². The summed E-state index contributed by atoms with van der Waals surface area (Å²) in [5.41, 5.74) is -28.5. The zero-order chi connectivity index (χ0) is 56.0. The summed E-state index contributed by atoms with van der Waals surface area (Å²) < 4.78 is 343. The second kappa shape index (κ2) is 20.4. The van der Waals surface area contributed by atoms with E-state index in [4.69, 9.17) is 11.6 Å². The molecule has 5 aromatic carbocycles. The van der Waals surface area contributed by atoms with Crippen molar-refractivity contribution in [1.29, 1.82) is 0 Å². The van der Waals surface area contributed by atoms with Crippen LogP contribution in [0, 0.1) is 0 Å². The molecule has 2 nitrogen and oxygen atoms in total. The Morgan fingerprint density at radius 1 is 0.365 bits per heavy atom. The Labute approximate surface area is 404 Å². The normalized spacial score (nSPS) is 13.4. The molecule has 0 radical (unpaired) electrons. The summed E-state index contributed by atoms with van der Waals surface area (Å²) in [5, 5.41) is 0. The lowest BCUT2D eigenvalue weighted by atomic mass is 9.12. The van der Waals surface area contributed by atoms with Gasteiger partial charge in [0, 0.05) is 17.7 Å². The van der Waals surface area contributed by atoms with Crippen LogP contribution >= 0.6 is 11.6 Å². The number of nitrogens with zero attached hydrogens (tertiary/aromatic N) is 1. The average Bonchev–Trinajstić information content (AvgIpc) is 3.27. The summed E-state index contributed by atoms with van der Waals surface area (Å²) >= 11 is 5.83. The summed E-state index contributed by atoms with van der Waals surface area (Å²) in [6.07, 6.45) is -52.9. The molecule has 0 bridgehead atoms. The van der Waals surface area contributed by atoms with Crippen LogP contribution in [-0.4, -0.2) is 11.9 Å². The third-order valence-corrected chi connectivity index (χ3v) is 11.3. The van der Waals surface area contributed by atoms with Crippen molar-refractivity contribution in [3.63, 3.8) is 0 Å². The van der Waals surface area contributed by atoms with Crippen LogP contribution in [0.3, 0.4) is 0 Å². The number of alkyl halides is 25. The number of carbonyl (C=O) groups excluding carboxylic acids is 1. The molecule has 0 aliphatic carbocycles. The largest absolute Gasteiger partial charge is 0.416 e. The van der Waals surface area contributed by atoms with Crippen LogP contribution in [0.25, 0.3) is 0 Å². The van der Waals surface area contributed by atoms with Gasteiger partial charge in [0.15, 0.2) is 11.9 Å². The van der Waals surface area contributed by atoms with Crippen molar-refractivity contribution in [2.24, 2.45) is 0 Å². The quantitative estimate of drug-likeness (QED) is 0.0489. The lowest BCUT2D eigenvalue weighted by Gasteiger charge is -2.46. The number of benzene rings is 5. The fraction of sp³-hybridized carbons (Fsp3) is 0.217. The summed E-state index contributed by atoms with van der Waals surface area (Å²) in [6.45, 7) is 0.326. The molecule has 0 amide bonds. The molecule has 0 saturated heterocycles. The van der Waals surface area contributed by atoms with Crippen LogP contribution in [-0.2, 0) is 61.8 Å². The van der Waals surface area contributed by atoms with Crippen LogP contribution < -0.4 is 26.4 Å². The minimum absolute atomic E-state index is 0.0909. The average molecular weight is 1110 g/mol. The summed E-state index contributed by atoms with van der Waals surface area (Å²) in [4.78, 5) is 12.0. The molecule has 0 atom stereocenters. The van der Waals surface area contributed by atoms with Crippen molar-refractivity contribution in [2.45, 2.75) is 61.8 Å². The maximum Gasteiger partial charge on any atom is 0.416 e. The van der Waals surface area contributed by atoms with Gasteiger partial charge in [-0.15, -0.1) is 11.6 Å². The minimum Gasteiger partial charge on any atom is -0.287 e. The van der Waals surface area contributed by atoms with Crippen LogP contribution in [0.1, 0.15) is 60.6 Å². The molecular formula is C46H25BClF24NO. The Morgan fingerprint density at radius 2 is 0.608 bits per heavy atom. The van der Waals surface area contributed by atoms with Crippen molar-refractivity contribution in [2.75, 3.05) is 0 Å². The lowest BCUT2D eigenvalue weighted by Crippen LogP contribution is -2.75. The third-order valence-electron chi connectivity index (χ3n) is 11.0. The Kier molecular flexibility index (Phi) is 16.1. The lowest BCUT2D eigenvalue weighted by molar-refractivity contribution is -0.689. The van der Waals surface area contributed by atoms with E-state index in [2.05, 4.69) is 0 Å². The number of hydrogen-bond donors (Lipinski definition) is 0. The number of carbonyl (C=O) groups is 1. The highest BCUT2D eigenvalue weighted by molar-refractivity contribution is 7.20. The summed E-state index contributed by atoms with van der Waals surface area (Å²) in [6, 6.07) is 6.21. The molecule has 0 unspecified atom stereocenters. The Hall–Kier alpha value is -6.41. The molecule has 0 fully saturated rings. The fourth-order valence-corrected chi connectivity index (χ4v) is 7.97. The first-order valence-electron chi connectivity index (χ1n) is 20.0. The van der Waals surface area contributed by atoms with Gasteiger partial charge in [-0.1, -0.05) is 84.9 Å². The standard InChI is InChI=1S/C32H12BF24.C14H13ClNO/c34-25(35,36)13-1-14(26(37,38)39)6-21(5-13)33(22-7-15(27(40,41)42)2-16(8-22)28(43,44)45,23-9-17(29(46,47)48)3-18(10-23)30(49,50)51)24-11-19(31(52,53)54)4-20(12-24)32(55,56)57;15-10-13-8-4-5-9-16(13)11-14(17)12-6-2-1-3-7-12/h1-12H;1-9H,10-11H2/q-1;+1. The first-order valence-corrected chi connectivity index (χ1v) is 20.6. The molecule has 1 aromatic heterocycles. The van der Waals surface area contributed by atoms with Gasteiger partial charge in [0.25, 0.3) is 0 Å². The number of hydrogen-bond acceptors (Lipinski definition) is 1. The van der Waals surface area contributed by atoms with Gasteiger partial charge in [-0.25, -0.2) is 0 Å². The van der Waals surface area contributed by atoms with Crippen molar-refractivity contribution < 1.29 is 115 Å². The zero-order valence-electron chi connectivity index (χ0n) is 35.9. The molecule has 0 aliphatic heterocycles. The van der Waals surface area contributed by atoms with E-state index in [-0.39, 0.29) is 5.78 Å². The van der Waals surface area contributed by atoms with Gasteiger partial charge in [0.1, 0.15) is 12.0 Å². The molecule has 74 heavy (non-hydrogen) atoms. The second-order valence-electron chi connectivity index (χ2n) is 16.0. The van der Waals surface area contributed by atoms with E-state index in [1.54, 1.807) is 0 Å². The molecule has 0 aliphatic rings. The number of halogens is 25. The van der Waals surface area contributed by atoms with Crippen LogP contribution in [0.2, 0.25) is 0 Å². The smallest absolute Gasteiger partial charge is 0.287 e. The Morgan fingerprint density at radius 3 is 0.838 bits per heavy atom. The first kappa shape index (κ1) is 58.5. The highest BCUT2D eigenvalue weighted by atomic mass is 35.5. The number of aromatic nitrogens is 1. The van der Waals surface area contributed by atoms with E-state index < -0.39 is 195 Å². The fourth-order valence-electron chi connectivity index (χ4n) is 7.73. The van der Waals surface area contributed by atoms with Gasteiger partial charge >= 0.3 is 49.4 Å². The molecule has 6 aromatic rings. The van der Waals surface area contributed by atoms with E-state index >= 15 is 0 Å². The Bertz CT molecular complexity index is 2550.